The Balaban J connectivity index is 1.92. The fraction of sp³-hybridized carbons (Fsp3) is 0.286. The largest absolute Gasteiger partial charge is 0.291 e. The van der Waals surface area contributed by atoms with Crippen LogP contribution in [0.3, 0.4) is 0 Å². The first-order valence-electron chi connectivity index (χ1n) is 5.90. The molecule has 94 valence electrons. The predicted molar refractivity (Wildman–Crippen MR) is 82.0 cm³/mol. The van der Waals surface area contributed by atoms with Gasteiger partial charge < -0.3 is 0 Å². The van der Waals surface area contributed by atoms with Gasteiger partial charge in [0.15, 0.2) is 0 Å². The normalized spacial score (nSPS) is 10.8. The zero-order chi connectivity index (χ0) is 13.0. The molecule has 1 aromatic carbocycles. The summed E-state index contributed by atoms with van der Waals surface area (Å²) in [6.45, 7) is 4.41. The number of thioether (sulfide) groups is 1. The van der Waals surface area contributed by atoms with Gasteiger partial charge in [-0.05, 0) is 17.0 Å². The van der Waals surface area contributed by atoms with Gasteiger partial charge in [-0.15, -0.1) is 0 Å². The second kappa shape index (κ2) is 6.16. The highest BCUT2D eigenvalue weighted by atomic mass is 32.2. The van der Waals surface area contributed by atoms with Gasteiger partial charge in [0.1, 0.15) is 10.6 Å². The molecule has 0 unspecified atom stereocenters. The summed E-state index contributed by atoms with van der Waals surface area (Å²) in [5, 5.41) is 0. The quantitative estimate of drug-likeness (QED) is 0.787. The van der Waals surface area contributed by atoms with Gasteiger partial charge >= 0.3 is 0 Å². The molecule has 0 aliphatic carbocycles. The van der Waals surface area contributed by atoms with Crippen LogP contribution in [0, 0.1) is 0 Å². The third-order valence-corrected chi connectivity index (χ3v) is 4.22. The molecule has 1 aromatic heterocycles. The highest BCUT2D eigenvalue weighted by molar-refractivity contribution is 8.22. The summed E-state index contributed by atoms with van der Waals surface area (Å²) >= 11 is 6.98. The maximum atomic E-state index is 5.33. The Morgan fingerprint density at radius 3 is 2.61 bits per heavy atom. The fourth-order valence-corrected chi connectivity index (χ4v) is 2.61. The Bertz CT molecular complexity index is 501. The molecule has 2 rings (SSSR count). The molecular formula is C14H16N2S2. The van der Waals surface area contributed by atoms with Crippen molar-refractivity contribution in [3.05, 3.63) is 54.1 Å². The topological polar surface area (TPSA) is 17.8 Å². The maximum absolute atomic E-state index is 5.33. The van der Waals surface area contributed by atoms with Crippen molar-refractivity contribution in [3.8, 4) is 0 Å². The summed E-state index contributed by atoms with van der Waals surface area (Å²) in [4.78, 5) is 3.99. The van der Waals surface area contributed by atoms with Crippen LogP contribution in [0.4, 0.5) is 0 Å². The molecule has 0 atom stereocenters. The van der Waals surface area contributed by atoms with Crippen LogP contribution in [0.1, 0.15) is 30.9 Å². The molecule has 0 amide bonds. The standard InChI is InChI=1S/C14H16N2S2/c1-11(2)13-5-3-12(4-6-13)9-18-14(17)16-8-7-15-10-16/h3-8,10-11H,9H2,1-2H3. The number of hydrogen-bond acceptors (Lipinski definition) is 3. The van der Waals surface area contributed by atoms with E-state index in [2.05, 4.69) is 43.1 Å². The molecule has 2 nitrogen and oxygen atoms in total. The van der Waals surface area contributed by atoms with Crippen LogP contribution in [-0.2, 0) is 5.75 Å². The van der Waals surface area contributed by atoms with Crippen LogP contribution < -0.4 is 0 Å². The summed E-state index contributed by atoms with van der Waals surface area (Å²) in [5.74, 6) is 1.48. The molecule has 4 heteroatoms. The fourth-order valence-electron chi connectivity index (χ4n) is 1.59. The van der Waals surface area contributed by atoms with E-state index < -0.39 is 0 Å². The summed E-state index contributed by atoms with van der Waals surface area (Å²) < 4.78 is 2.70. The molecule has 1 heterocycles. The van der Waals surface area contributed by atoms with Crippen molar-refractivity contribution in [1.82, 2.24) is 9.55 Å². The number of imidazole rings is 1. The zero-order valence-electron chi connectivity index (χ0n) is 10.5. The number of nitrogens with zero attached hydrogens (tertiary/aromatic N) is 2. The third-order valence-electron chi connectivity index (χ3n) is 2.72. The molecule has 0 radical (unpaired) electrons. The van der Waals surface area contributed by atoms with Crippen LogP contribution in [0.25, 0.3) is 0 Å². The molecule has 0 aliphatic heterocycles. The minimum atomic E-state index is 0.582. The first kappa shape index (κ1) is 13.3. The highest BCUT2D eigenvalue weighted by Gasteiger charge is 2.02. The Morgan fingerprint density at radius 2 is 2.06 bits per heavy atom. The van der Waals surface area contributed by atoms with E-state index in [1.807, 2.05) is 10.8 Å². The van der Waals surface area contributed by atoms with Gasteiger partial charge in [0.05, 0.1) is 0 Å². The Morgan fingerprint density at radius 1 is 1.33 bits per heavy atom. The smallest absolute Gasteiger partial charge is 0.146 e. The molecule has 0 N–H and O–H groups in total. The van der Waals surface area contributed by atoms with Crippen LogP contribution >= 0.6 is 24.0 Å². The summed E-state index contributed by atoms with van der Waals surface area (Å²) in [5.41, 5.74) is 2.67. The lowest BCUT2D eigenvalue weighted by Crippen LogP contribution is -2.01. The van der Waals surface area contributed by atoms with Gasteiger partial charge in [-0.1, -0.05) is 62.1 Å². The van der Waals surface area contributed by atoms with Gasteiger partial charge in [-0.3, -0.25) is 4.57 Å². The van der Waals surface area contributed by atoms with Gasteiger partial charge in [0.2, 0.25) is 0 Å². The first-order chi connectivity index (χ1) is 8.66. The van der Waals surface area contributed by atoms with Crippen LogP contribution in [0.2, 0.25) is 0 Å². The van der Waals surface area contributed by atoms with Crippen LogP contribution in [0.15, 0.2) is 43.0 Å². The number of thiocarbonyl (C=S) groups is 1. The van der Waals surface area contributed by atoms with Crippen LogP contribution in [0.5, 0.6) is 0 Å². The number of benzene rings is 1. The molecule has 0 fully saturated rings. The molecular weight excluding hydrogens is 260 g/mol. The second-order valence-corrected chi connectivity index (χ2v) is 6.03. The minimum absolute atomic E-state index is 0.582. The van der Waals surface area contributed by atoms with E-state index in [9.17, 15) is 0 Å². The number of rotatable bonds is 3. The van der Waals surface area contributed by atoms with E-state index in [1.165, 1.54) is 11.1 Å². The van der Waals surface area contributed by atoms with E-state index >= 15 is 0 Å². The average Bonchev–Trinajstić information content (AvgIpc) is 2.90. The third kappa shape index (κ3) is 3.43. The van der Waals surface area contributed by atoms with E-state index in [1.54, 1.807) is 24.3 Å². The zero-order valence-corrected chi connectivity index (χ0v) is 12.2. The number of aromatic nitrogens is 2. The molecule has 0 bridgehead atoms. The second-order valence-electron chi connectivity index (χ2n) is 4.42. The number of hydrogen-bond donors (Lipinski definition) is 0. The highest BCUT2D eigenvalue weighted by Crippen LogP contribution is 2.19. The summed E-state index contributed by atoms with van der Waals surface area (Å²) in [7, 11) is 0. The van der Waals surface area contributed by atoms with Crippen molar-refractivity contribution in [1.29, 1.82) is 0 Å². The van der Waals surface area contributed by atoms with Crippen molar-refractivity contribution in [2.75, 3.05) is 0 Å². The van der Waals surface area contributed by atoms with E-state index in [0.717, 1.165) is 10.1 Å². The lowest BCUT2D eigenvalue weighted by molar-refractivity contribution is 0.866. The predicted octanol–water partition coefficient (Wildman–Crippen LogP) is 4.07. The Hall–Kier alpha value is -1.13. The van der Waals surface area contributed by atoms with Gasteiger partial charge in [0, 0.05) is 18.1 Å². The maximum Gasteiger partial charge on any atom is 0.146 e. The average molecular weight is 276 g/mol. The van der Waals surface area contributed by atoms with Crippen molar-refractivity contribution < 1.29 is 0 Å². The summed E-state index contributed by atoms with van der Waals surface area (Å²) in [6.07, 6.45) is 5.35. The Kier molecular flexibility index (Phi) is 4.55. The lowest BCUT2D eigenvalue weighted by Gasteiger charge is -2.07. The molecule has 18 heavy (non-hydrogen) atoms. The molecule has 0 saturated carbocycles. The minimum Gasteiger partial charge on any atom is -0.291 e. The van der Waals surface area contributed by atoms with Crippen LogP contribution in [-0.4, -0.2) is 13.9 Å². The molecule has 0 spiro atoms. The monoisotopic (exact) mass is 276 g/mol. The summed E-state index contributed by atoms with van der Waals surface area (Å²) in [6, 6.07) is 8.75. The van der Waals surface area contributed by atoms with E-state index in [0.29, 0.717) is 5.92 Å². The van der Waals surface area contributed by atoms with Gasteiger partial charge in [-0.2, -0.15) is 0 Å². The van der Waals surface area contributed by atoms with Crippen molar-refractivity contribution in [3.63, 3.8) is 0 Å². The van der Waals surface area contributed by atoms with E-state index in [4.69, 9.17) is 12.2 Å². The van der Waals surface area contributed by atoms with Crippen molar-refractivity contribution in [2.45, 2.75) is 25.5 Å². The lowest BCUT2D eigenvalue weighted by atomic mass is 10.0. The Labute approximate surface area is 117 Å². The molecule has 2 aromatic rings. The van der Waals surface area contributed by atoms with E-state index in [-0.39, 0.29) is 0 Å². The molecule has 0 aliphatic rings. The SMILES string of the molecule is CC(C)c1ccc(CSC(=S)n2ccnc2)cc1. The van der Waals surface area contributed by atoms with Gasteiger partial charge in [0.25, 0.3) is 0 Å². The van der Waals surface area contributed by atoms with Gasteiger partial charge in [-0.25, -0.2) is 4.98 Å². The molecule has 0 saturated heterocycles. The first-order valence-corrected chi connectivity index (χ1v) is 7.30. The van der Waals surface area contributed by atoms with Crippen molar-refractivity contribution >= 4 is 28.3 Å². The van der Waals surface area contributed by atoms with Crippen molar-refractivity contribution in [2.24, 2.45) is 0 Å².